The van der Waals surface area contributed by atoms with Crippen LogP contribution in [0.3, 0.4) is 0 Å². The van der Waals surface area contributed by atoms with Crippen LogP contribution in [-0.4, -0.2) is 27.6 Å². The smallest absolute Gasteiger partial charge is 0.250 e. The van der Waals surface area contributed by atoms with E-state index in [2.05, 4.69) is 39.7 Å². The number of carbonyl (C=O) groups is 1. The molecule has 0 fully saturated rings. The summed E-state index contributed by atoms with van der Waals surface area (Å²) in [6, 6.07) is 27.9. The monoisotopic (exact) mass is 454 g/mol. The van der Waals surface area contributed by atoms with Crippen LogP contribution in [0.25, 0.3) is 16.2 Å². The van der Waals surface area contributed by atoms with Gasteiger partial charge in [0.15, 0.2) is 0 Å². The Morgan fingerprint density at radius 1 is 1.00 bits per heavy atom. The number of carbonyl (C=O) groups excluding carboxylic acids is 1. The van der Waals surface area contributed by atoms with Crippen LogP contribution < -0.4 is 10.1 Å². The second-order valence-electron chi connectivity index (χ2n) is 7.61. The van der Waals surface area contributed by atoms with Crippen molar-refractivity contribution in [2.24, 2.45) is 0 Å². The van der Waals surface area contributed by atoms with E-state index < -0.39 is 0 Å². The topological polar surface area (TPSA) is 68.5 Å². The maximum atomic E-state index is 13.0. The summed E-state index contributed by atoms with van der Waals surface area (Å²) in [7, 11) is 1.64. The van der Waals surface area contributed by atoms with E-state index in [1.165, 1.54) is 11.3 Å². The minimum Gasteiger partial charge on any atom is -0.497 e. The molecule has 2 heterocycles. The molecule has 1 amide bonds. The first-order valence-electron chi connectivity index (χ1n) is 10.6. The van der Waals surface area contributed by atoms with Gasteiger partial charge < -0.3 is 4.74 Å². The standard InChI is InChI=1S/C26H22N4O2S/c1-32-21-14-8-13-20(15-21)23-17-33-26-28-25(29-30(23)26)27-24(31)16-22(18-9-4-2-5-10-18)19-11-6-3-7-12-19/h2-15,17,22H,16H2,1H3,(H,27,29,31). The first kappa shape index (κ1) is 20.9. The van der Waals surface area contributed by atoms with E-state index in [-0.39, 0.29) is 11.8 Å². The van der Waals surface area contributed by atoms with E-state index in [0.29, 0.717) is 17.3 Å². The van der Waals surface area contributed by atoms with Gasteiger partial charge in [0, 0.05) is 23.3 Å². The Morgan fingerprint density at radius 2 is 1.70 bits per heavy atom. The van der Waals surface area contributed by atoms with Gasteiger partial charge in [-0.25, -0.2) is 4.52 Å². The third-order valence-electron chi connectivity index (χ3n) is 5.49. The van der Waals surface area contributed by atoms with Crippen molar-refractivity contribution in [3.8, 4) is 17.0 Å². The van der Waals surface area contributed by atoms with E-state index in [9.17, 15) is 4.79 Å². The summed E-state index contributed by atoms with van der Waals surface area (Å²) < 4.78 is 7.08. The number of nitrogens with one attached hydrogen (secondary N) is 1. The average Bonchev–Trinajstić information content (AvgIpc) is 3.44. The molecule has 164 valence electrons. The van der Waals surface area contributed by atoms with Gasteiger partial charge in [-0.3, -0.25) is 10.1 Å². The molecular weight excluding hydrogens is 432 g/mol. The number of methoxy groups -OCH3 is 1. The number of hydrogen-bond acceptors (Lipinski definition) is 5. The van der Waals surface area contributed by atoms with Gasteiger partial charge in [-0.05, 0) is 23.3 Å². The second kappa shape index (κ2) is 9.26. The van der Waals surface area contributed by atoms with Crippen molar-refractivity contribution in [3.63, 3.8) is 0 Å². The average molecular weight is 455 g/mol. The van der Waals surface area contributed by atoms with Gasteiger partial charge in [-0.2, -0.15) is 4.98 Å². The fourth-order valence-electron chi connectivity index (χ4n) is 3.88. The maximum absolute atomic E-state index is 13.0. The SMILES string of the molecule is COc1cccc(-c2csc3nc(NC(=O)CC(c4ccccc4)c4ccccc4)nn23)c1. The summed E-state index contributed by atoms with van der Waals surface area (Å²) in [4.78, 5) is 18.2. The van der Waals surface area contributed by atoms with Crippen LogP contribution in [0.1, 0.15) is 23.5 Å². The second-order valence-corrected chi connectivity index (χ2v) is 8.45. The number of thiazole rings is 1. The Kier molecular flexibility index (Phi) is 5.87. The van der Waals surface area contributed by atoms with Gasteiger partial charge in [0.2, 0.25) is 16.8 Å². The Bertz CT molecular complexity index is 1340. The van der Waals surface area contributed by atoms with Gasteiger partial charge in [-0.1, -0.05) is 72.8 Å². The number of aromatic nitrogens is 3. The van der Waals surface area contributed by atoms with Crippen LogP contribution in [0.15, 0.2) is 90.3 Å². The van der Waals surface area contributed by atoms with Crippen molar-refractivity contribution in [2.75, 3.05) is 12.4 Å². The van der Waals surface area contributed by atoms with Gasteiger partial charge in [0.25, 0.3) is 0 Å². The summed E-state index contributed by atoms with van der Waals surface area (Å²) in [6.45, 7) is 0. The fourth-order valence-corrected chi connectivity index (χ4v) is 4.71. The molecule has 0 aliphatic carbocycles. The van der Waals surface area contributed by atoms with Crippen LogP contribution in [0, 0.1) is 0 Å². The summed E-state index contributed by atoms with van der Waals surface area (Å²) in [6.07, 6.45) is 0.295. The highest BCUT2D eigenvalue weighted by atomic mass is 32.1. The number of benzene rings is 3. The third kappa shape index (κ3) is 4.49. The molecule has 6 nitrogen and oxygen atoms in total. The normalized spacial score (nSPS) is 11.1. The van der Waals surface area contributed by atoms with Crippen molar-refractivity contribution < 1.29 is 9.53 Å². The Morgan fingerprint density at radius 3 is 2.36 bits per heavy atom. The van der Waals surface area contributed by atoms with E-state index >= 15 is 0 Å². The summed E-state index contributed by atoms with van der Waals surface area (Å²) >= 11 is 1.48. The highest BCUT2D eigenvalue weighted by molar-refractivity contribution is 7.15. The maximum Gasteiger partial charge on any atom is 0.250 e. The Hall–Kier alpha value is -3.97. The molecule has 0 unspecified atom stereocenters. The zero-order valence-electron chi connectivity index (χ0n) is 18.0. The molecule has 0 bridgehead atoms. The van der Waals surface area contributed by atoms with Crippen LogP contribution >= 0.6 is 11.3 Å². The van der Waals surface area contributed by atoms with Crippen molar-refractivity contribution >= 4 is 28.2 Å². The van der Waals surface area contributed by atoms with Crippen molar-refractivity contribution in [1.29, 1.82) is 0 Å². The van der Waals surface area contributed by atoms with Crippen LogP contribution in [0.2, 0.25) is 0 Å². The number of anilines is 1. The van der Waals surface area contributed by atoms with Gasteiger partial charge >= 0.3 is 0 Å². The highest BCUT2D eigenvalue weighted by Crippen LogP contribution is 2.30. The molecule has 0 radical (unpaired) electrons. The van der Waals surface area contributed by atoms with Gasteiger partial charge in [0.05, 0.1) is 12.8 Å². The highest BCUT2D eigenvalue weighted by Gasteiger charge is 2.20. The molecule has 1 N–H and O–H groups in total. The predicted molar refractivity (Wildman–Crippen MR) is 131 cm³/mol. The third-order valence-corrected chi connectivity index (χ3v) is 6.31. The lowest BCUT2D eigenvalue weighted by Crippen LogP contribution is -2.17. The van der Waals surface area contributed by atoms with E-state index in [1.807, 2.05) is 66.0 Å². The molecule has 33 heavy (non-hydrogen) atoms. The lowest BCUT2D eigenvalue weighted by molar-refractivity contribution is -0.116. The number of hydrogen-bond donors (Lipinski definition) is 1. The molecule has 0 atom stereocenters. The van der Waals surface area contributed by atoms with Crippen LogP contribution in [0.5, 0.6) is 5.75 Å². The van der Waals surface area contributed by atoms with E-state index in [1.54, 1.807) is 11.6 Å². The largest absolute Gasteiger partial charge is 0.497 e. The molecule has 0 saturated carbocycles. The number of amides is 1. The van der Waals surface area contributed by atoms with Crippen LogP contribution in [-0.2, 0) is 4.79 Å². The molecule has 5 rings (SSSR count). The minimum atomic E-state index is -0.131. The molecule has 7 heteroatoms. The summed E-state index contributed by atoms with van der Waals surface area (Å²) in [5.74, 6) is 0.890. The molecular formula is C26H22N4O2S. The Balaban J connectivity index is 1.38. The fraction of sp³-hybridized carbons (Fsp3) is 0.115. The molecule has 2 aromatic heterocycles. The summed E-state index contributed by atoms with van der Waals surface area (Å²) in [5, 5.41) is 9.43. The van der Waals surface area contributed by atoms with Gasteiger partial charge in [0.1, 0.15) is 5.75 Å². The number of rotatable bonds is 7. The lowest BCUT2D eigenvalue weighted by Gasteiger charge is -2.17. The van der Waals surface area contributed by atoms with Crippen molar-refractivity contribution in [2.45, 2.75) is 12.3 Å². The zero-order chi connectivity index (χ0) is 22.6. The number of ether oxygens (including phenoxy) is 1. The lowest BCUT2D eigenvalue weighted by atomic mass is 9.88. The predicted octanol–water partition coefficient (Wildman–Crippen LogP) is 5.63. The van der Waals surface area contributed by atoms with Crippen molar-refractivity contribution in [3.05, 3.63) is 101 Å². The van der Waals surface area contributed by atoms with Crippen molar-refractivity contribution in [1.82, 2.24) is 14.6 Å². The number of nitrogens with zero attached hydrogens (tertiary/aromatic N) is 3. The van der Waals surface area contributed by atoms with E-state index in [0.717, 1.165) is 28.1 Å². The quantitative estimate of drug-likeness (QED) is 0.346. The summed E-state index contributed by atoms with van der Waals surface area (Å²) in [5.41, 5.74) is 4.06. The van der Waals surface area contributed by atoms with E-state index in [4.69, 9.17) is 4.74 Å². The first-order chi connectivity index (χ1) is 16.2. The molecule has 0 aliphatic heterocycles. The van der Waals surface area contributed by atoms with Gasteiger partial charge in [-0.15, -0.1) is 16.4 Å². The minimum absolute atomic E-state index is 0.0523. The Labute approximate surface area is 195 Å². The molecule has 0 saturated heterocycles. The molecule has 3 aromatic carbocycles. The molecule has 0 spiro atoms. The molecule has 0 aliphatic rings. The first-order valence-corrected chi connectivity index (χ1v) is 11.5. The van der Waals surface area contributed by atoms with Crippen LogP contribution in [0.4, 0.5) is 5.95 Å². The zero-order valence-corrected chi connectivity index (χ0v) is 18.8. The number of fused-ring (bicyclic) bond motifs is 1. The molecule has 5 aromatic rings.